The van der Waals surface area contributed by atoms with Crippen molar-refractivity contribution in [1.82, 2.24) is 5.32 Å². The lowest BCUT2D eigenvalue weighted by molar-refractivity contribution is 0.201. The minimum Gasteiger partial charge on any atom is -0.497 e. The Morgan fingerprint density at radius 3 is 2.63 bits per heavy atom. The molecule has 0 fully saturated rings. The zero-order valence-corrected chi connectivity index (χ0v) is 13.3. The van der Waals surface area contributed by atoms with E-state index in [4.69, 9.17) is 10.5 Å². The van der Waals surface area contributed by atoms with Crippen molar-refractivity contribution < 1.29 is 9.84 Å². The second-order valence-corrected chi connectivity index (χ2v) is 5.65. The van der Waals surface area contributed by atoms with Crippen LogP contribution < -0.4 is 15.8 Å². The van der Waals surface area contributed by atoms with Crippen LogP contribution in [0.1, 0.15) is 25.5 Å². The van der Waals surface area contributed by atoms with Crippen LogP contribution in [0.25, 0.3) is 0 Å². The average Bonchev–Trinajstić information content (AvgIpc) is 2.44. The molecule has 4 N–H and O–H groups in total. The molecule has 1 rings (SSSR count). The average molecular weight is 331 g/mol. The molecule has 1 aromatic rings. The number of aliphatic hydroxyl groups excluding tert-OH is 1. The van der Waals surface area contributed by atoms with Crippen LogP contribution in [0, 0.1) is 5.92 Å². The maximum atomic E-state index is 9.20. The van der Waals surface area contributed by atoms with Crippen molar-refractivity contribution in [2.45, 2.75) is 25.9 Å². The number of methoxy groups -OCH3 is 1. The van der Waals surface area contributed by atoms with E-state index in [1.807, 2.05) is 25.1 Å². The summed E-state index contributed by atoms with van der Waals surface area (Å²) >= 11 is 3.54. The van der Waals surface area contributed by atoms with Gasteiger partial charge in [-0.05, 0) is 36.6 Å². The van der Waals surface area contributed by atoms with Crippen molar-refractivity contribution in [3.05, 3.63) is 28.2 Å². The van der Waals surface area contributed by atoms with Gasteiger partial charge in [0.05, 0.1) is 7.11 Å². The Kier molecular flexibility index (Phi) is 6.79. The van der Waals surface area contributed by atoms with E-state index in [2.05, 4.69) is 28.2 Å². The maximum absolute atomic E-state index is 9.20. The van der Waals surface area contributed by atoms with E-state index in [1.165, 1.54) is 0 Å². The summed E-state index contributed by atoms with van der Waals surface area (Å²) in [6.07, 6.45) is 0. The summed E-state index contributed by atoms with van der Waals surface area (Å²) in [5.41, 5.74) is 6.94. The molecule has 0 bridgehead atoms. The number of benzene rings is 1. The second kappa shape index (κ2) is 7.85. The number of ether oxygens (including phenoxy) is 1. The first-order chi connectivity index (χ1) is 9.03. The van der Waals surface area contributed by atoms with Gasteiger partial charge in [0.15, 0.2) is 0 Å². The van der Waals surface area contributed by atoms with Crippen LogP contribution >= 0.6 is 15.9 Å². The molecule has 0 saturated carbocycles. The molecule has 0 aromatic heterocycles. The molecular weight excluding hydrogens is 308 g/mol. The quantitative estimate of drug-likeness (QED) is 0.715. The smallest absolute Gasteiger partial charge is 0.119 e. The fraction of sp³-hybridized carbons (Fsp3) is 0.571. The van der Waals surface area contributed by atoms with Gasteiger partial charge in [-0.1, -0.05) is 22.9 Å². The topological polar surface area (TPSA) is 67.5 Å². The van der Waals surface area contributed by atoms with Gasteiger partial charge in [0.2, 0.25) is 0 Å². The summed E-state index contributed by atoms with van der Waals surface area (Å²) in [5, 5.41) is 12.7. The molecule has 4 nitrogen and oxygen atoms in total. The van der Waals surface area contributed by atoms with Gasteiger partial charge in [0.25, 0.3) is 0 Å². The highest BCUT2D eigenvalue weighted by Gasteiger charge is 2.19. The van der Waals surface area contributed by atoms with E-state index < -0.39 is 0 Å². The summed E-state index contributed by atoms with van der Waals surface area (Å²) in [5.74, 6) is 0.986. The van der Waals surface area contributed by atoms with Crippen molar-refractivity contribution in [3.8, 4) is 5.75 Å². The number of aliphatic hydroxyl groups is 1. The Morgan fingerprint density at radius 2 is 2.11 bits per heavy atom. The highest BCUT2D eigenvalue weighted by atomic mass is 79.9. The first kappa shape index (κ1) is 16.4. The SMILES string of the molecule is COc1ccc(Br)c(C(CN)NC(C)C(C)CO)c1. The minimum absolute atomic E-state index is 0.0217. The predicted molar refractivity (Wildman–Crippen MR) is 81.3 cm³/mol. The third-order valence-corrected chi connectivity index (χ3v) is 4.14. The summed E-state index contributed by atoms with van der Waals surface area (Å²) in [6, 6.07) is 6.04. The number of nitrogens with one attached hydrogen (secondary N) is 1. The third-order valence-electron chi connectivity index (χ3n) is 3.42. The normalized spacial score (nSPS) is 15.9. The zero-order valence-electron chi connectivity index (χ0n) is 11.7. The van der Waals surface area contributed by atoms with E-state index >= 15 is 0 Å². The van der Waals surface area contributed by atoms with E-state index in [0.29, 0.717) is 6.54 Å². The van der Waals surface area contributed by atoms with Gasteiger partial charge in [-0.3, -0.25) is 0 Å². The molecule has 0 aliphatic rings. The van der Waals surface area contributed by atoms with E-state index in [9.17, 15) is 5.11 Å². The van der Waals surface area contributed by atoms with E-state index in [-0.39, 0.29) is 24.6 Å². The molecule has 3 atom stereocenters. The van der Waals surface area contributed by atoms with E-state index in [1.54, 1.807) is 7.11 Å². The van der Waals surface area contributed by atoms with Crippen LogP contribution in [0.4, 0.5) is 0 Å². The van der Waals surface area contributed by atoms with Crippen LogP contribution in [0.3, 0.4) is 0 Å². The fourth-order valence-corrected chi connectivity index (χ4v) is 2.36. The molecule has 3 unspecified atom stereocenters. The lowest BCUT2D eigenvalue weighted by Gasteiger charge is -2.27. The van der Waals surface area contributed by atoms with Crippen molar-refractivity contribution in [1.29, 1.82) is 0 Å². The highest BCUT2D eigenvalue weighted by molar-refractivity contribution is 9.10. The monoisotopic (exact) mass is 330 g/mol. The minimum atomic E-state index is 0.0217. The number of nitrogens with two attached hydrogens (primary N) is 1. The van der Waals surface area contributed by atoms with Crippen LogP contribution in [0.15, 0.2) is 22.7 Å². The lowest BCUT2D eigenvalue weighted by atomic mass is 10.0. The highest BCUT2D eigenvalue weighted by Crippen LogP contribution is 2.28. The number of rotatable bonds is 7. The molecule has 0 saturated heterocycles. The molecule has 108 valence electrons. The van der Waals surface area contributed by atoms with Crippen molar-refractivity contribution in [2.75, 3.05) is 20.3 Å². The molecule has 5 heteroatoms. The van der Waals surface area contributed by atoms with E-state index in [0.717, 1.165) is 15.8 Å². The third kappa shape index (κ3) is 4.45. The first-order valence-corrected chi connectivity index (χ1v) is 7.23. The van der Waals surface area contributed by atoms with Gasteiger partial charge in [0.1, 0.15) is 5.75 Å². The largest absolute Gasteiger partial charge is 0.497 e. The fourth-order valence-electron chi connectivity index (χ4n) is 1.84. The lowest BCUT2D eigenvalue weighted by Crippen LogP contribution is -2.39. The van der Waals surface area contributed by atoms with Gasteiger partial charge in [-0.2, -0.15) is 0 Å². The summed E-state index contributed by atoms with van der Waals surface area (Å²) in [4.78, 5) is 0. The standard InChI is InChI=1S/C14H23BrN2O2/c1-9(8-18)10(2)17-14(7-16)12-6-11(19-3)4-5-13(12)15/h4-6,9-10,14,17-18H,7-8,16H2,1-3H3. The maximum Gasteiger partial charge on any atom is 0.119 e. The van der Waals surface area contributed by atoms with Crippen LogP contribution in [0.5, 0.6) is 5.75 Å². The Bertz CT molecular complexity index is 401. The van der Waals surface area contributed by atoms with Gasteiger partial charge in [-0.25, -0.2) is 0 Å². The Balaban J connectivity index is 2.90. The van der Waals surface area contributed by atoms with Gasteiger partial charge >= 0.3 is 0 Å². The van der Waals surface area contributed by atoms with Crippen LogP contribution in [-0.2, 0) is 0 Å². The zero-order chi connectivity index (χ0) is 14.4. The van der Waals surface area contributed by atoms with Crippen molar-refractivity contribution in [3.63, 3.8) is 0 Å². The molecule has 0 aliphatic heterocycles. The summed E-state index contributed by atoms with van der Waals surface area (Å²) in [6.45, 7) is 4.70. The van der Waals surface area contributed by atoms with Crippen molar-refractivity contribution in [2.24, 2.45) is 11.7 Å². The Hall–Kier alpha value is -0.620. The van der Waals surface area contributed by atoms with Gasteiger partial charge < -0.3 is 20.9 Å². The van der Waals surface area contributed by atoms with Crippen LogP contribution in [-0.4, -0.2) is 31.4 Å². The first-order valence-electron chi connectivity index (χ1n) is 6.43. The molecule has 1 aromatic carbocycles. The molecule has 19 heavy (non-hydrogen) atoms. The molecule has 0 spiro atoms. The molecule has 0 radical (unpaired) electrons. The molecule has 0 aliphatic carbocycles. The molecule has 0 heterocycles. The number of halogens is 1. The van der Waals surface area contributed by atoms with Crippen molar-refractivity contribution >= 4 is 15.9 Å². The predicted octanol–water partition coefficient (Wildman–Crippen LogP) is 2.06. The van der Waals surface area contributed by atoms with Gasteiger partial charge in [-0.15, -0.1) is 0 Å². The second-order valence-electron chi connectivity index (χ2n) is 4.79. The van der Waals surface area contributed by atoms with Gasteiger partial charge in [0, 0.05) is 29.7 Å². The molecule has 0 amide bonds. The molecular formula is C14H23BrN2O2. The Morgan fingerprint density at radius 1 is 1.42 bits per heavy atom. The number of hydrogen-bond acceptors (Lipinski definition) is 4. The summed E-state index contributed by atoms with van der Waals surface area (Å²) < 4.78 is 6.25. The summed E-state index contributed by atoms with van der Waals surface area (Å²) in [7, 11) is 1.65. The Labute approximate surface area is 123 Å². The van der Waals surface area contributed by atoms with Crippen LogP contribution in [0.2, 0.25) is 0 Å². The number of hydrogen-bond donors (Lipinski definition) is 3.